The molecule has 1 unspecified atom stereocenters. The smallest absolute Gasteiger partial charge is 0.166 e. The Balaban J connectivity index is 1.89. The van der Waals surface area contributed by atoms with Gasteiger partial charge in [0.15, 0.2) is 5.11 Å². The Morgan fingerprint density at radius 2 is 1.83 bits per heavy atom. The number of benzene rings is 2. The van der Waals surface area contributed by atoms with Crippen molar-refractivity contribution >= 4 is 17.3 Å². The number of thiocarbonyl (C=S) groups is 1. The van der Waals surface area contributed by atoms with Gasteiger partial charge >= 0.3 is 0 Å². The van der Waals surface area contributed by atoms with Gasteiger partial charge in [0.05, 0.1) is 20.3 Å². The van der Waals surface area contributed by atoms with Crippen LogP contribution in [0.15, 0.2) is 48.5 Å². The average Bonchev–Trinajstić information content (AvgIpc) is 2.62. The molecule has 128 valence electrons. The zero-order valence-corrected chi connectivity index (χ0v) is 15.2. The highest BCUT2D eigenvalue weighted by molar-refractivity contribution is 7.80. The van der Waals surface area contributed by atoms with Gasteiger partial charge in [-0.15, -0.1) is 0 Å². The maximum Gasteiger partial charge on any atom is 0.166 e. The lowest BCUT2D eigenvalue weighted by Crippen LogP contribution is -2.37. The molecule has 0 aliphatic heterocycles. The number of ether oxygens (including phenoxy) is 2. The minimum atomic E-state index is 0.00627. The van der Waals surface area contributed by atoms with Gasteiger partial charge < -0.3 is 20.1 Å². The Morgan fingerprint density at radius 1 is 1.08 bits per heavy atom. The molecular weight excluding hydrogens is 320 g/mol. The monoisotopic (exact) mass is 344 g/mol. The Hall–Kier alpha value is -2.27. The lowest BCUT2D eigenvalue weighted by Gasteiger charge is -2.20. The van der Waals surface area contributed by atoms with Crippen LogP contribution in [0, 0.1) is 0 Å². The lowest BCUT2D eigenvalue weighted by atomic mass is 10.1. The van der Waals surface area contributed by atoms with Crippen molar-refractivity contribution in [1.29, 1.82) is 0 Å². The van der Waals surface area contributed by atoms with E-state index in [9.17, 15) is 0 Å². The van der Waals surface area contributed by atoms with Gasteiger partial charge in [0.1, 0.15) is 11.5 Å². The molecule has 0 heterocycles. The zero-order chi connectivity index (χ0) is 17.4. The Morgan fingerprint density at radius 3 is 2.50 bits per heavy atom. The van der Waals surface area contributed by atoms with Crippen molar-refractivity contribution in [3.05, 3.63) is 59.7 Å². The van der Waals surface area contributed by atoms with E-state index in [4.69, 9.17) is 21.7 Å². The molecule has 2 N–H and O–H groups in total. The molecular formula is C19H24N2O2S. The molecule has 1 atom stereocenters. The van der Waals surface area contributed by atoms with Crippen LogP contribution in [0.4, 0.5) is 0 Å². The maximum absolute atomic E-state index is 5.43. The van der Waals surface area contributed by atoms with Gasteiger partial charge in [-0.25, -0.2) is 0 Å². The first-order valence-electron chi connectivity index (χ1n) is 7.94. The Labute approximate surface area is 149 Å². The fourth-order valence-corrected chi connectivity index (χ4v) is 2.75. The number of rotatable bonds is 7. The van der Waals surface area contributed by atoms with Crippen LogP contribution in [-0.4, -0.2) is 25.9 Å². The zero-order valence-electron chi connectivity index (χ0n) is 14.3. The molecule has 0 radical (unpaired) electrons. The first-order chi connectivity index (χ1) is 11.6. The van der Waals surface area contributed by atoms with Crippen LogP contribution in [0.5, 0.6) is 11.5 Å². The fourth-order valence-electron chi connectivity index (χ4n) is 2.47. The first-order valence-corrected chi connectivity index (χ1v) is 8.35. The van der Waals surface area contributed by atoms with E-state index >= 15 is 0 Å². The average molecular weight is 344 g/mol. The van der Waals surface area contributed by atoms with E-state index in [1.807, 2.05) is 43.3 Å². The maximum atomic E-state index is 5.43. The summed E-state index contributed by atoms with van der Waals surface area (Å²) in [6, 6.07) is 16.1. The molecule has 2 rings (SSSR count). The summed E-state index contributed by atoms with van der Waals surface area (Å²) in [5, 5.41) is 7.17. The highest BCUT2D eigenvalue weighted by Gasteiger charge is 2.13. The van der Waals surface area contributed by atoms with Crippen LogP contribution < -0.4 is 20.1 Å². The number of hydrogen-bond donors (Lipinski definition) is 2. The topological polar surface area (TPSA) is 42.5 Å². The van der Waals surface area contributed by atoms with E-state index in [1.54, 1.807) is 14.2 Å². The minimum absolute atomic E-state index is 0.00627. The fraction of sp³-hybridized carbons (Fsp3) is 0.316. The van der Waals surface area contributed by atoms with Crippen LogP contribution in [0.1, 0.15) is 24.1 Å². The molecule has 0 aliphatic rings. The van der Waals surface area contributed by atoms with Crippen LogP contribution in [0.2, 0.25) is 0 Å². The summed E-state index contributed by atoms with van der Waals surface area (Å²) in [6.45, 7) is 2.83. The number of methoxy groups -OCH3 is 2. The van der Waals surface area contributed by atoms with E-state index in [0.717, 1.165) is 30.0 Å². The van der Waals surface area contributed by atoms with Crippen molar-refractivity contribution in [2.75, 3.05) is 20.8 Å². The molecule has 0 saturated carbocycles. The quantitative estimate of drug-likeness (QED) is 0.753. The van der Waals surface area contributed by atoms with Crippen molar-refractivity contribution in [2.24, 2.45) is 0 Å². The predicted octanol–water partition coefficient (Wildman–Crippen LogP) is 3.47. The second kappa shape index (κ2) is 9.13. The van der Waals surface area contributed by atoms with Gasteiger partial charge in [-0.2, -0.15) is 0 Å². The van der Waals surface area contributed by atoms with E-state index < -0.39 is 0 Å². The van der Waals surface area contributed by atoms with Crippen molar-refractivity contribution in [3.63, 3.8) is 0 Å². The second-order valence-corrected chi connectivity index (χ2v) is 5.87. The SMILES string of the molecule is COc1ccc(OC)c(C(C)NC(=S)NCCc2ccccc2)c1. The van der Waals surface area contributed by atoms with Crippen molar-refractivity contribution in [1.82, 2.24) is 10.6 Å². The van der Waals surface area contributed by atoms with Crippen molar-refractivity contribution < 1.29 is 9.47 Å². The molecule has 0 aliphatic carbocycles. The van der Waals surface area contributed by atoms with Gasteiger partial charge in [0.2, 0.25) is 0 Å². The van der Waals surface area contributed by atoms with Gasteiger partial charge in [-0.3, -0.25) is 0 Å². The Bertz CT molecular complexity index is 662. The molecule has 0 aromatic heterocycles. The molecule has 24 heavy (non-hydrogen) atoms. The molecule has 0 bridgehead atoms. The van der Waals surface area contributed by atoms with Crippen LogP contribution in [-0.2, 0) is 6.42 Å². The third-order valence-corrected chi connectivity index (χ3v) is 4.06. The first kappa shape index (κ1) is 18.1. The summed E-state index contributed by atoms with van der Waals surface area (Å²) in [7, 11) is 3.31. The molecule has 4 nitrogen and oxygen atoms in total. The highest BCUT2D eigenvalue weighted by Crippen LogP contribution is 2.29. The van der Waals surface area contributed by atoms with Gasteiger partial charge in [-0.05, 0) is 49.3 Å². The molecule has 2 aromatic rings. The van der Waals surface area contributed by atoms with Crippen molar-refractivity contribution in [2.45, 2.75) is 19.4 Å². The normalized spacial score (nSPS) is 11.5. The van der Waals surface area contributed by atoms with E-state index in [2.05, 4.69) is 22.8 Å². The molecule has 0 amide bonds. The highest BCUT2D eigenvalue weighted by atomic mass is 32.1. The summed E-state index contributed by atoms with van der Waals surface area (Å²) in [5.41, 5.74) is 2.29. The summed E-state index contributed by atoms with van der Waals surface area (Å²) in [5.74, 6) is 1.60. The second-order valence-electron chi connectivity index (χ2n) is 5.47. The van der Waals surface area contributed by atoms with Gasteiger partial charge in [0, 0.05) is 12.1 Å². The van der Waals surface area contributed by atoms with Crippen LogP contribution in [0.3, 0.4) is 0 Å². The van der Waals surface area contributed by atoms with Gasteiger partial charge in [-0.1, -0.05) is 30.3 Å². The molecule has 0 spiro atoms. The Kier molecular flexibility index (Phi) is 6.88. The van der Waals surface area contributed by atoms with E-state index in [-0.39, 0.29) is 6.04 Å². The lowest BCUT2D eigenvalue weighted by molar-refractivity contribution is 0.395. The van der Waals surface area contributed by atoms with E-state index in [0.29, 0.717) is 5.11 Å². The standard InChI is InChI=1S/C19H24N2O2S/c1-14(17-13-16(22-2)9-10-18(17)23-3)21-19(24)20-12-11-15-7-5-4-6-8-15/h4-10,13-14H,11-12H2,1-3H3,(H2,20,21,24). The summed E-state index contributed by atoms with van der Waals surface area (Å²) in [6.07, 6.45) is 0.930. The molecule has 0 saturated heterocycles. The molecule has 5 heteroatoms. The summed E-state index contributed by atoms with van der Waals surface area (Å²) < 4.78 is 10.7. The summed E-state index contributed by atoms with van der Waals surface area (Å²) in [4.78, 5) is 0. The minimum Gasteiger partial charge on any atom is -0.497 e. The van der Waals surface area contributed by atoms with Crippen LogP contribution in [0.25, 0.3) is 0 Å². The summed E-state index contributed by atoms with van der Waals surface area (Å²) >= 11 is 5.39. The predicted molar refractivity (Wildman–Crippen MR) is 102 cm³/mol. The van der Waals surface area contributed by atoms with Crippen molar-refractivity contribution in [3.8, 4) is 11.5 Å². The third kappa shape index (κ3) is 5.13. The van der Waals surface area contributed by atoms with Crippen LogP contribution >= 0.6 is 12.2 Å². The van der Waals surface area contributed by atoms with E-state index in [1.165, 1.54) is 5.56 Å². The number of hydrogen-bond acceptors (Lipinski definition) is 3. The third-order valence-electron chi connectivity index (χ3n) is 3.79. The molecule has 2 aromatic carbocycles. The molecule has 0 fully saturated rings. The largest absolute Gasteiger partial charge is 0.497 e. The van der Waals surface area contributed by atoms with Gasteiger partial charge in [0.25, 0.3) is 0 Å². The number of nitrogens with one attached hydrogen (secondary N) is 2.